The Bertz CT molecular complexity index is 339. The van der Waals surface area contributed by atoms with Gasteiger partial charge in [0.05, 0.1) is 5.25 Å². The molecule has 0 aromatic carbocycles. The topological polar surface area (TPSA) is 71.4 Å². The van der Waals surface area contributed by atoms with Crippen LogP contribution in [0.3, 0.4) is 0 Å². The van der Waals surface area contributed by atoms with Crippen LogP contribution in [0.2, 0.25) is 0 Å². The van der Waals surface area contributed by atoms with Crippen LogP contribution >= 0.6 is 0 Å². The number of hydrogen-bond donors (Lipinski definition) is 1. The zero-order valence-electron chi connectivity index (χ0n) is 7.36. The molecule has 1 N–H and O–H groups in total. The van der Waals surface area contributed by atoms with Crippen molar-refractivity contribution in [1.29, 1.82) is 0 Å². The molecule has 0 radical (unpaired) electrons. The van der Waals surface area contributed by atoms with Crippen molar-refractivity contribution >= 4 is 15.8 Å². The Kier molecular flexibility index (Phi) is 2.75. The third-order valence-corrected chi connectivity index (χ3v) is 3.74. The number of carboxylic acids is 1. The lowest BCUT2D eigenvalue weighted by molar-refractivity contribution is -0.131. The maximum atomic E-state index is 11.2. The van der Waals surface area contributed by atoms with Crippen LogP contribution in [0.1, 0.15) is 19.3 Å². The first-order chi connectivity index (χ1) is 5.91. The first-order valence-electron chi connectivity index (χ1n) is 4.03. The molecule has 1 aliphatic carbocycles. The van der Waals surface area contributed by atoms with Crippen molar-refractivity contribution < 1.29 is 18.3 Å². The Hall–Kier alpha value is -0.840. The quantitative estimate of drug-likeness (QED) is 0.668. The number of aliphatic carboxylic acids is 1. The average Bonchev–Trinajstić information content (AvgIpc) is 2.31. The van der Waals surface area contributed by atoms with Crippen LogP contribution < -0.4 is 0 Å². The molecular formula is C8H12O4S. The lowest BCUT2D eigenvalue weighted by Gasteiger charge is -2.07. The highest BCUT2D eigenvalue weighted by atomic mass is 32.2. The number of sulfone groups is 1. The molecule has 4 nitrogen and oxygen atoms in total. The first kappa shape index (κ1) is 10.2. The van der Waals surface area contributed by atoms with Crippen molar-refractivity contribution in [1.82, 2.24) is 0 Å². The summed E-state index contributed by atoms with van der Waals surface area (Å²) in [5.41, 5.74) is 0.537. The highest BCUT2D eigenvalue weighted by Crippen LogP contribution is 2.29. The standard InChI is InChI=1S/C8H12O4S/c1-13(11,12)7-4-2-3-6(7)5-8(9)10/h5,7H,2-4H2,1H3,(H,9,10). The molecule has 1 saturated carbocycles. The zero-order valence-corrected chi connectivity index (χ0v) is 8.17. The Morgan fingerprint density at radius 2 is 2.23 bits per heavy atom. The maximum Gasteiger partial charge on any atom is 0.328 e. The fourth-order valence-electron chi connectivity index (χ4n) is 1.65. The molecule has 1 unspecified atom stereocenters. The highest BCUT2D eigenvalue weighted by Gasteiger charge is 2.29. The molecule has 0 spiro atoms. The van der Waals surface area contributed by atoms with E-state index in [1.807, 2.05) is 0 Å². The van der Waals surface area contributed by atoms with Crippen LogP contribution in [0.25, 0.3) is 0 Å². The van der Waals surface area contributed by atoms with Crippen LogP contribution in [0.15, 0.2) is 11.6 Å². The second-order valence-corrected chi connectivity index (χ2v) is 5.50. The summed E-state index contributed by atoms with van der Waals surface area (Å²) in [6.07, 6.45) is 4.08. The average molecular weight is 204 g/mol. The van der Waals surface area contributed by atoms with E-state index >= 15 is 0 Å². The number of carboxylic acid groups (broad SMARTS) is 1. The van der Waals surface area contributed by atoms with Gasteiger partial charge in [0.2, 0.25) is 0 Å². The minimum Gasteiger partial charge on any atom is -0.478 e. The molecule has 1 aliphatic rings. The second kappa shape index (κ2) is 3.49. The molecule has 0 aromatic heterocycles. The Morgan fingerprint density at radius 1 is 1.62 bits per heavy atom. The van der Waals surface area contributed by atoms with Crippen molar-refractivity contribution in [2.75, 3.05) is 6.26 Å². The molecule has 5 heteroatoms. The van der Waals surface area contributed by atoms with Crippen molar-refractivity contribution in [3.05, 3.63) is 11.6 Å². The predicted molar refractivity (Wildman–Crippen MR) is 48.2 cm³/mol. The molecule has 1 fully saturated rings. The van der Waals surface area contributed by atoms with Gasteiger partial charge in [-0.05, 0) is 24.8 Å². The van der Waals surface area contributed by atoms with Crippen molar-refractivity contribution in [3.63, 3.8) is 0 Å². The van der Waals surface area contributed by atoms with E-state index in [9.17, 15) is 13.2 Å². The van der Waals surface area contributed by atoms with Crippen LogP contribution in [-0.4, -0.2) is 31.0 Å². The van der Waals surface area contributed by atoms with Gasteiger partial charge in [-0.25, -0.2) is 13.2 Å². The highest BCUT2D eigenvalue weighted by molar-refractivity contribution is 7.91. The van der Waals surface area contributed by atoms with Gasteiger partial charge in [0.1, 0.15) is 0 Å². The monoisotopic (exact) mass is 204 g/mol. The van der Waals surface area contributed by atoms with Gasteiger partial charge in [-0.1, -0.05) is 0 Å². The van der Waals surface area contributed by atoms with Crippen LogP contribution in [-0.2, 0) is 14.6 Å². The SMILES string of the molecule is CS(=O)(=O)C1CCCC1=CC(=O)O. The third-order valence-electron chi connectivity index (χ3n) is 2.17. The van der Waals surface area contributed by atoms with E-state index in [1.54, 1.807) is 0 Å². The molecule has 0 bridgehead atoms. The molecule has 0 heterocycles. The molecule has 0 amide bonds. The van der Waals surface area contributed by atoms with Gasteiger partial charge in [0.25, 0.3) is 0 Å². The van der Waals surface area contributed by atoms with Crippen molar-refractivity contribution in [2.45, 2.75) is 24.5 Å². The van der Waals surface area contributed by atoms with E-state index < -0.39 is 21.1 Å². The van der Waals surface area contributed by atoms with Gasteiger partial charge >= 0.3 is 5.97 Å². The van der Waals surface area contributed by atoms with Gasteiger partial charge < -0.3 is 5.11 Å². The molecule has 1 rings (SSSR count). The van der Waals surface area contributed by atoms with Gasteiger partial charge in [0.15, 0.2) is 9.84 Å². The lowest BCUT2D eigenvalue weighted by atomic mass is 10.2. The summed E-state index contributed by atoms with van der Waals surface area (Å²) in [5.74, 6) is -1.06. The summed E-state index contributed by atoms with van der Waals surface area (Å²) in [6, 6.07) is 0. The number of carbonyl (C=O) groups is 1. The van der Waals surface area contributed by atoms with Gasteiger partial charge in [-0.15, -0.1) is 0 Å². The Morgan fingerprint density at radius 3 is 2.69 bits per heavy atom. The van der Waals surface area contributed by atoms with Gasteiger partial charge in [-0.3, -0.25) is 0 Å². The normalized spacial score (nSPS) is 26.5. The minimum absolute atomic E-state index is 0.537. The maximum absolute atomic E-state index is 11.2. The fourth-order valence-corrected chi connectivity index (χ4v) is 2.98. The second-order valence-electron chi connectivity index (χ2n) is 3.27. The molecule has 0 saturated heterocycles. The number of rotatable bonds is 2. The summed E-state index contributed by atoms with van der Waals surface area (Å²) in [6.45, 7) is 0. The van der Waals surface area contributed by atoms with Gasteiger partial charge in [0, 0.05) is 12.3 Å². The van der Waals surface area contributed by atoms with Crippen LogP contribution in [0, 0.1) is 0 Å². The smallest absolute Gasteiger partial charge is 0.328 e. The number of hydrogen-bond acceptors (Lipinski definition) is 3. The van der Waals surface area contributed by atoms with E-state index in [0.29, 0.717) is 18.4 Å². The molecule has 1 atom stereocenters. The van der Waals surface area contributed by atoms with Crippen molar-refractivity contribution in [2.24, 2.45) is 0 Å². The first-order valence-corrected chi connectivity index (χ1v) is 5.99. The van der Waals surface area contributed by atoms with Crippen molar-refractivity contribution in [3.8, 4) is 0 Å². The van der Waals surface area contributed by atoms with E-state index in [1.165, 1.54) is 0 Å². The summed E-state index contributed by atoms with van der Waals surface area (Å²) in [7, 11) is -3.13. The van der Waals surface area contributed by atoms with E-state index in [-0.39, 0.29) is 0 Å². The summed E-state index contributed by atoms with van der Waals surface area (Å²) < 4.78 is 22.4. The summed E-state index contributed by atoms with van der Waals surface area (Å²) in [4.78, 5) is 10.4. The van der Waals surface area contributed by atoms with Gasteiger partial charge in [-0.2, -0.15) is 0 Å². The van der Waals surface area contributed by atoms with E-state index in [4.69, 9.17) is 5.11 Å². The van der Waals surface area contributed by atoms with Crippen LogP contribution in [0.5, 0.6) is 0 Å². The Balaban J connectivity index is 2.95. The molecule has 74 valence electrons. The molecule has 13 heavy (non-hydrogen) atoms. The lowest BCUT2D eigenvalue weighted by Crippen LogP contribution is -2.18. The largest absolute Gasteiger partial charge is 0.478 e. The Labute approximate surface area is 77.2 Å². The minimum atomic E-state index is -3.13. The third kappa shape index (κ3) is 2.55. The fraction of sp³-hybridized carbons (Fsp3) is 0.625. The molecular weight excluding hydrogens is 192 g/mol. The van der Waals surface area contributed by atoms with E-state index in [2.05, 4.69) is 0 Å². The predicted octanol–water partition coefficient (Wildman–Crippen LogP) is 0.595. The van der Waals surface area contributed by atoms with E-state index in [0.717, 1.165) is 18.8 Å². The molecule has 0 aliphatic heterocycles. The summed E-state index contributed by atoms with van der Waals surface area (Å²) >= 11 is 0. The molecule has 0 aromatic rings. The summed E-state index contributed by atoms with van der Waals surface area (Å²) in [5, 5.41) is 7.92. The van der Waals surface area contributed by atoms with Crippen LogP contribution in [0.4, 0.5) is 0 Å². The zero-order chi connectivity index (χ0) is 10.1.